The van der Waals surface area contributed by atoms with E-state index in [9.17, 15) is 29.7 Å². The number of hydrogen-bond donors (Lipinski definition) is 5. The number of ether oxygens (including phenoxy) is 2. The van der Waals surface area contributed by atoms with Crippen molar-refractivity contribution in [1.29, 1.82) is 0 Å². The highest BCUT2D eigenvalue weighted by Gasteiger charge is 2.48. The zero-order valence-corrected chi connectivity index (χ0v) is 17.2. The summed E-state index contributed by atoms with van der Waals surface area (Å²) in [6, 6.07) is 1.43. The number of nitrogen functional groups attached to an aromatic ring is 1. The molecule has 2 aromatic rings. The van der Waals surface area contributed by atoms with Gasteiger partial charge >= 0.3 is 11.4 Å². The molecule has 0 aliphatic carbocycles. The quantitative estimate of drug-likeness (QED) is 0.327. The average Bonchev–Trinajstić information content (AvgIpc) is 3.34. The second kappa shape index (κ2) is 8.60. The maximum atomic E-state index is 12.2. The molecule has 2 saturated heterocycles. The normalized spacial score (nSPS) is 31.1. The van der Waals surface area contributed by atoms with E-state index in [2.05, 4.69) is 9.97 Å². The summed E-state index contributed by atoms with van der Waals surface area (Å²) < 4.78 is 13.9. The highest BCUT2D eigenvalue weighted by atomic mass is 16.6. The predicted molar refractivity (Wildman–Crippen MR) is 109 cm³/mol. The van der Waals surface area contributed by atoms with Crippen molar-refractivity contribution in [3.63, 3.8) is 0 Å². The lowest BCUT2D eigenvalue weighted by molar-refractivity contribution is -0.115. The standard InChI is InChI=1S/C19H25N5O8/c1-8-6-24(19(30)22-17(8)28)14-5-10(26)16(32-14)15(27)9-4-13(31-11(9)7-25)23-3-2-12(20)21-18(23)29/h2-3,6,9-11,13-16,25-27H,4-5,7H2,1H3,(H2,20,21,29)(H,22,28,30)/t9-,10-,11+,13+,14+,15?,16-/m0/s1. The van der Waals surface area contributed by atoms with Crippen LogP contribution in [0.25, 0.3) is 0 Å². The molecule has 7 atom stereocenters. The summed E-state index contributed by atoms with van der Waals surface area (Å²) in [7, 11) is 0. The van der Waals surface area contributed by atoms with Crippen molar-refractivity contribution in [2.75, 3.05) is 12.3 Å². The number of anilines is 1. The topological polar surface area (TPSA) is 195 Å². The zero-order chi connectivity index (χ0) is 23.2. The van der Waals surface area contributed by atoms with Crippen LogP contribution in [0.15, 0.2) is 32.8 Å². The van der Waals surface area contributed by atoms with Crippen molar-refractivity contribution >= 4 is 5.82 Å². The Hall–Kier alpha value is -2.84. The van der Waals surface area contributed by atoms with Gasteiger partial charge in [-0.3, -0.25) is 18.9 Å². The van der Waals surface area contributed by atoms with Crippen LogP contribution in [-0.2, 0) is 9.47 Å². The van der Waals surface area contributed by atoms with Crippen LogP contribution in [0.4, 0.5) is 5.82 Å². The summed E-state index contributed by atoms with van der Waals surface area (Å²) in [6.07, 6.45) is -3.09. The van der Waals surface area contributed by atoms with E-state index in [0.29, 0.717) is 5.56 Å². The fourth-order valence-electron chi connectivity index (χ4n) is 4.30. The van der Waals surface area contributed by atoms with Gasteiger partial charge in [0.25, 0.3) is 5.56 Å². The van der Waals surface area contributed by atoms with Crippen LogP contribution in [0.5, 0.6) is 0 Å². The number of H-pyrrole nitrogens is 1. The Labute approximate surface area is 180 Å². The number of hydrogen-bond acceptors (Lipinski definition) is 10. The predicted octanol–water partition coefficient (Wildman–Crippen LogP) is -2.41. The number of aliphatic hydroxyl groups excluding tert-OH is 3. The van der Waals surface area contributed by atoms with E-state index < -0.39 is 66.3 Å². The molecule has 4 heterocycles. The van der Waals surface area contributed by atoms with Gasteiger partial charge < -0.3 is 30.5 Å². The maximum absolute atomic E-state index is 12.2. The average molecular weight is 451 g/mol. The monoisotopic (exact) mass is 451 g/mol. The molecule has 4 rings (SSSR count). The number of aromatic amines is 1. The molecule has 13 nitrogen and oxygen atoms in total. The van der Waals surface area contributed by atoms with Gasteiger partial charge in [-0.2, -0.15) is 4.98 Å². The number of aromatic nitrogens is 4. The molecule has 2 aliphatic heterocycles. The lowest BCUT2D eigenvalue weighted by Gasteiger charge is -2.28. The van der Waals surface area contributed by atoms with Crippen molar-refractivity contribution < 1.29 is 24.8 Å². The number of aryl methyl sites for hydroxylation is 1. The van der Waals surface area contributed by atoms with Crippen LogP contribution < -0.4 is 22.7 Å². The Bertz CT molecular complexity index is 1160. The van der Waals surface area contributed by atoms with Gasteiger partial charge in [0.05, 0.1) is 24.9 Å². The van der Waals surface area contributed by atoms with Gasteiger partial charge in [0, 0.05) is 36.7 Å². The Balaban J connectivity index is 1.53. The van der Waals surface area contributed by atoms with Gasteiger partial charge in [-0.1, -0.05) is 0 Å². The van der Waals surface area contributed by atoms with E-state index >= 15 is 0 Å². The minimum atomic E-state index is -1.27. The molecular formula is C19H25N5O8. The van der Waals surface area contributed by atoms with E-state index in [1.165, 1.54) is 30.0 Å². The number of nitrogens with two attached hydrogens (primary N) is 1. The summed E-state index contributed by atoms with van der Waals surface area (Å²) in [4.78, 5) is 41.7. The van der Waals surface area contributed by atoms with E-state index in [-0.39, 0.29) is 18.7 Å². The molecule has 0 bridgehead atoms. The third kappa shape index (κ3) is 4.00. The molecule has 0 radical (unpaired) electrons. The molecule has 0 aromatic carbocycles. The second-order valence-corrected chi connectivity index (χ2v) is 8.08. The summed E-state index contributed by atoms with van der Waals surface area (Å²) in [5.41, 5.74) is 3.96. The summed E-state index contributed by atoms with van der Waals surface area (Å²) in [6.45, 7) is 1.10. The van der Waals surface area contributed by atoms with E-state index in [4.69, 9.17) is 15.2 Å². The molecule has 32 heavy (non-hydrogen) atoms. The first kappa shape index (κ1) is 22.4. The van der Waals surface area contributed by atoms with E-state index in [1.807, 2.05) is 0 Å². The minimum absolute atomic E-state index is 0.00918. The molecule has 2 aliphatic rings. The number of aliphatic hydroxyl groups is 3. The Morgan fingerprint density at radius 2 is 1.97 bits per heavy atom. The highest BCUT2D eigenvalue weighted by molar-refractivity contribution is 5.23. The van der Waals surface area contributed by atoms with Crippen molar-refractivity contribution in [2.24, 2.45) is 5.92 Å². The molecule has 6 N–H and O–H groups in total. The van der Waals surface area contributed by atoms with Crippen molar-refractivity contribution in [3.8, 4) is 0 Å². The van der Waals surface area contributed by atoms with Crippen LogP contribution in [0.3, 0.4) is 0 Å². The number of rotatable bonds is 5. The van der Waals surface area contributed by atoms with Crippen LogP contribution in [0.1, 0.15) is 30.9 Å². The third-order valence-electron chi connectivity index (χ3n) is 5.99. The summed E-state index contributed by atoms with van der Waals surface area (Å²) in [5, 5.41) is 31.3. The van der Waals surface area contributed by atoms with Gasteiger partial charge in [0.15, 0.2) is 0 Å². The van der Waals surface area contributed by atoms with E-state index in [1.54, 1.807) is 0 Å². The first-order valence-corrected chi connectivity index (χ1v) is 10.1. The van der Waals surface area contributed by atoms with Crippen LogP contribution in [-0.4, -0.2) is 65.4 Å². The van der Waals surface area contributed by atoms with E-state index in [0.717, 1.165) is 4.57 Å². The Kier molecular flexibility index (Phi) is 6.01. The first-order valence-electron chi connectivity index (χ1n) is 10.1. The number of nitrogens with zero attached hydrogens (tertiary/aromatic N) is 3. The summed E-state index contributed by atoms with van der Waals surface area (Å²) in [5.74, 6) is -0.623. The molecule has 2 aromatic heterocycles. The van der Waals surface area contributed by atoms with Crippen molar-refractivity contribution in [3.05, 3.63) is 55.3 Å². The highest BCUT2D eigenvalue weighted by Crippen LogP contribution is 2.39. The largest absolute Gasteiger partial charge is 0.394 e. The molecule has 174 valence electrons. The fourth-order valence-corrected chi connectivity index (χ4v) is 4.30. The fraction of sp³-hybridized carbons (Fsp3) is 0.579. The molecule has 0 amide bonds. The lowest BCUT2D eigenvalue weighted by Crippen LogP contribution is -2.43. The second-order valence-electron chi connectivity index (χ2n) is 8.08. The van der Waals surface area contributed by atoms with Gasteiger partial charge in [0.2, 0.25) is 0 Å². The molecule has 2 fully saturated rings. The molecular weight excluding hydrogens is 426 g/mol. The minimum Gasteiger partial charge on any atom is -0.394 e. The lowest BCUT2D eigenvalue weighted by atomic mass is 9.89. The summed E-state index contributed by atoms with van der Waals surface area (Å²) >= 11 is 0. The van der Waals surface area contributed by atoms with Crippen molar-refractivity contribution in [1.82, 2.24) is 19.1 Å². The zero-order valence-electron chi connectivity index (χ0n) is 17.2. The van der Waals surface area contributed by atoms with Gasteiger partial charge in [-0.25, -0.2) is 9.59 Å². The first-order chi connectivity index (χ1) is 15.2. The molecule has 1 unspecified atom stereocenters. The van der Waals surface area contributed by atoms with Crippen LogP contribution >= 0.6 is 0 Å². The van der Waals surface area contributed by atoms with Crippen LogP contribution in [0, 0.1) is 12.8 Å². The number of nitrogens with one attached hydrogen (secondary N) is 1. The van der Waals surface area contributed by atoms with Gasteiger partial charge in [0.1, 0.15) is 24.4 Å². The van der Waals surface area contributed by atoms with Crippen molar-refractivity contribution in [2.45, 2.75) is 56.6 Å². The maximum Gasteiger partial charge on any atom is 0.351 e. The van der Waals surface area contributed by atoms with Gasteiger partial charge in [-0.15, -0.1) is 0 Å². The smallest absolute Gasteiger partial charge is 0.351 e. The third-order valence-corrected chi connectivity index (χ3v) is 5.99. The SMILES string of the molecule is Cc1cn([C@H]2C[C@H](O)[C@@H](C(O)[C@H]3C[C@H](n4ccc(N)nc4=O)O[C@@H]3CO)O2)c(=O)[nH]c1=O. The molecule has 0 saturated carbocycles. The van der Waals surface area contributed by atoms with Gasteiger partial charge in [-0.05, 0) is 13.0 Å². The Morgan fingerprint density at radius 1 is 1.25 bits per heavy atom. The Morgan fingerprint density at radius 3 is 2.66 bits per heavy atom. The van der Waals surface area contributed by atoms with Crippen LogP contribution in [0.2, 0.25) is 0 Å². The molecule has 0 spiro atoms. The molecule has 13 heteroatoms.